The van der Waals surface area contributed by atoms with E-state index in [0.717, 1.165) is 53.5 Å². The second kappa shape index (κ2) is 10.3. The van der Waals surface area contributed by atoms with Gasteiger partial charge in [0, 0.05) is 12.2 Å². The molecule has 0 spiro atoms. The lowest BCUT2D eigenvalue weighted by Gasteiger charge is -2.28. The predicted octanol–water partition coefficient (Wildman–Crippen LogP) is 6.22. The molecule has 0 unspecified atom stereocenters. The van der Waals surface area contributed by atoms with Crippen molar-refractivity contribution in [3.8, 4) is 17.2 Å². The summed E-state index contributed by atoms with van der Waals surface area (Å²) in [6.45, 7) is 10.9. The van der Waals surface area contributed by atoms with Gasteiger partial charge >= 0.3 is 0 Å². The van der Waals surface area contributed by atoms with E-state index in [1.807, 2.05) is 55.1 Å². The molecule has 0 fully saturated rings. The summed E-state index contributed by atoms with van der Waals surface area (Å²) in [6.07, 6.45) is 3.93. The number of hydrogen-bond acceptors (Lipinski definition) is 3. The molecule has 3 heteroatoms. The van der Waals surface area contributed by atoms with Gasteiger partial charge in [0.15, 0.2) is 6.29 Å². The smallest absolute Gasteiger partial charge is 0.166 e. The van der Waals surface area contributed by atoms with Crippen LogP contribution in [0.5, 0.6) is 0 Å². The number of nitrogens with zero attached hydrogens (tertiary/aromatic N) is 2. The molecule has 0 bridgehead atoms. The maximum Gasteiger partial charge on any atom is 0.166 e. The van der Waals surface area contributed by atoms with Gasteiger partial charge in [-0.05, 0) is 55.0 Å². The van der Waals surface area contributed by atoms with E-state index in [-0.39, 0.29) is 0 Å². The van der Waals surface area contributed by atoms with Crippen LogP contribution in [-0.4, -0.2) is 11.2 Å². The minimum atomic E-state index is 0.599. The topological polar surface area (TPSA) is 44.1 Å². The molecule has 2 aromatic carbocycles. The fourth-order valence-corrected chi connectivity index (χ4v) is 3.14. The molecule has 0 atom stereocenters. The van der Waals surface area contributed by atoms with Crippen LogP contribution in [0.4, 0.5) is 0 Å². The lowest BCUT2D eigenvalue weighted by Crippen LogP contribution is -2.23. The summed E-state index contributed by atoms with van der Waals surface area (Å²) >= 11 is 0. The molecule has 0 amide bonds. The van der Waals surface area contributed by atoms with Crippen LogP contribution >= 0.6 is 0 Å². The summed E-state index contributed by atoms with van der Waals surface area (Å²) in [4.78, 5) is 13.7. The van der Waals surface area contributed by atoms with Crippen molar-refractivity contribution in [2.24, 2.45) is 0 Å². The van der Waals surface area contributed by atoms with Crippen molar-refractivity contribution >= 4 is 6.29 Å². The van der Waals surface area contributed by atoms with E-state index in [1.54, 1.807) is 0 Å². The molecule has 0 heterocycles. The number of allylic oxidation sites excluding steroid dienone is 3. The molecule has 0 saturated heterocycles. The third-order valence-electron chi connectivity index (χ3n) is 4.77. The summed E-state index contributed by atoms with van der Waals surface area (Å²) in [5.41, 5.74) is 6.32. The van der Waals surface area contributed by atoms with E-state index in [2.05, 4.69) is 31.7 Å². The van der Waals surface area contributed by atoms with Gasteiger partial charge in [-0.2, -0.15) is 5.26 Å². The molecule has 0 N–H and O–H groups in total. The van der Waals surface area contributed by atoms with Crippen LogP contribution in [0.25, 0.3) is 11.1 Å². The van der Waals surface area contributed by atoms with Gasteiger partial charge in [0.25, 0.3) is 0 Å². The standard InChI is InChI=1S/C25H28N2O/c1-5-6-9-20(4)27(25(18-28)19(2)3)17-21-12-14-22(15-13-21)24-11-8-7-10-23(24)16-26/h7-8,10-15,18H,4-6,9,17H2,1-3H3. The summed E-state index contributed by atoms with van der Waals surface area (Å²) in [6, 6.07) is 18.0. The largest absolute Gasteiger partial charge is 0.339 e. The van der Waals surface area contributed by atoms with E-state index in [1.165, 1.54) is 0 Å². The summed E-state index contributed by atoms with van der Waals surface area (Å²) in [7, 11) is 0. The molecule has 2 rings (SSSR count). The Hall–Kier alpha value is -3.12. The number of benzene rings is 2. The highest BCUT2D eigenvalue weighted by molar-refractivity contribution is 5.74. The van der Waals surface area contributed by atoms with Crippen molar-refractivity contribution in [2.45, 2.75) is 46.6 Å². The van der Waals surface area contributed by atoms with Gasteiger partial charge in [-0.1, -0.05) is 62.4 Å². The predicted molar refractivity (Wildman–Crippen MR) is 115 cm³/mol. The van der Waals surface area contributed by atoms with Crippen LogP contribution < -0.4 is 0 Å². The number of carbonyl (C=O) groups excluding carboxylic acids is 1. The molecular formula is C25H28N2O. The average molecular weight is 373 g/mol. The SMILES string of the molecule is C=C(CCCC)N(Cc1ccc(-c2ccccc2C#N)cc1)C(C=O)=C(C)C. The lowest BCUT2D eigenvalue weighted by atomic mass is 9.99. The number of aldehydes is 1. The van der Waals surface area contributed by atoms with Crippen molar-refractivity contribution in [2.75, 3.05) is 0 Å². The molecule has 0 aliphatic heterocycles. The minimum Gasteiger partial charge on any atom is -0.339 e. The van der Waals surface area contributed by atoms with E-state index in [9.17, 15) is 10.1 Å². The second-order valence-corrected chi connectivity index (χ2v) is 7.11. The lowest BCUT2D eigenvalue weighted by molar-refractivity contribution is -0.106. The Bertz CT molecular complexity index is 897. The first-order chi connectivity index (χ1) is 13.5. The van der Waals surface area contributed by atoms with Gasteiger partial charge in [-0.25, -0.2) is 0 Å². The zero-order chi connectivity index (χ0) is 20.5. The average Bonchev–Trinajstić information content (AvgIpc) is 2.72. The van der Waals surface area contributed by atoms with E-state index in [4.69, 9.17) is 0 Å². The van der Waals surface area contributed by atoms with Gasteiger partial charge in [-0.15, -0.1) is 0 Å². The van der Waals surface area contributed by atoms with Crippen LogP contribution in [0.2, 0.25) is 0 Å². The highest BCUT2D eigenvalue weighted by Gasteiger charge is 2.15. The monoisotopic (exact) mass is 372 g/mol. The molecule has 28 heavy (non-hydrogen) atoms. The maximum absolute atomic E-state index is 11.7. The van der Waals surface area contributed by atoms with Crippen LogP contribution in [0.15, 0.2) is 72.1 Å². The molecule has 144 valence electrons. The van der Waals surface area contributed by atoms with Crippen molar-refractivity contribution in [1.29, 1.82) is 5.26 Å². The van der Waals surface area contributed by atoms with Crippen molar-refractivity contribution < 1.29 is 4.79 Å². The van der Waals surface area contributed by atoms with Crippen molar-refractivity contribution in [3.05, 3.63) is 83.2 Å². The number of hydrogen-bond donors (Lipinski definition) is 0. The number of rotatable bonds is 9. The Morgan fingerprint density at radius 2 is 1.82 bits per heavy atom. The molecular weight excluding hydrogens is 344 g/mol. The van der Waals surface area contributed by atoms with E-state index >= 15 is 0 Å². The Balaban J connectivity index is 2.30. The Kier molecular flexibility index (Phi) is 7.77. The normalized spacial score (nSPS) is 10.1. The summed E-state index contributed by atoms with van der Waals surface area (Å²) < 4.78 is 0. The minimum absolute atomic E-state index is 0.599. The van der Waals surface area contributed by atoms with Gasteiger partial charge in [0.2, 0.25) is 0 Å². The molecule has 2 aromatic rings. The van der Waals surface area contributed by atoms with Crippen LogP contribution in [-0.2, 0) is 11.3 Å². The van der Waals surface area contributed by atoms with Crippen molar-refractivity contribution in [3.63, 3.8) is 0 Å². The third-order valence-corrected chi connectivity index (χ3v) is 4.77. The highest BCUT2D eigenvalue weighted by Crippen LogP contribution is 2.26. The quantitative estimate of drug-likeness (QED) is 0.387. The number of carbonyl (C=O) groups is 1. The molecule has 3 nitrogen and oxygen atoms in total. The number of unbranched alkanes of at least 4 members (excludes halogenated alkanes) is 1. The zero-order valence-electron chi connectivity index (χ0n) is 17.0. The first-order valence-electron chi connectivity index (χ1n) is 9.68. The summed E-state index contributed by atoms with van der Waals surface area (Å²) in [5.74, 6) is 0. The summed E-state index contributed by atoms with van der Waals surface area (Å²) in [5, 5.41) is 9.32. The fourth-order valence-electron chi connectivity index (χ4n) is 3.14. The van der Waals surface area contributed by atoms with Crippen molar-refractivity contribution in [1.82, 2.24) is 4.90 Å². The third kappa shape index (κ3) is 5.20. The van der Waals surface area contributed by atoms with Gasteiger partial charge in [-0.3, -0.25) is 4.79 Å². The Labute approximate surface area is 168 Å². The first kappa shape index (κ1) is 21.2. The Morgan fingerprint density at radius 1 is 1.14 bits per heavy atom. The Morgan fingerprint density at radius 3 is 2.39 bits per heavy atom. The second-order valence-electron chi connectivity index (χ2n) is 7.11. The molecule has 0 aliphatic carbocycles. The van der Waals surface area contributed by atoms with E-state index < -0.39 is 0 Å². The van der Waals surface area contributed by atoms with Crippen LogP contribution in [0, 0.1) is 11.3 Å². The van der Waals surface area contributed by atoms with Gasteiger partial charge in [0.1, 0.15) is 0 Å². The zero-order valence-corrected chi connectivity index (χ0v) is 17.0. The highest BCUT2D eigenvalue weighted by atomic mass is 16.1. The molecule has 0 saturated carbocycles. The van der Waals surface area contributed by atoms with Gasteiger partial charge < -0.3 is 4.90 Å². The molecule has 0 aromatic heterocycles. The van der Waals surface area contributed by atoms with Crippen LogP contribution in [0.3, 0.4) is 0 Å². The van der Waals surface area contributed by atoms with Gasteiger partial charge in [0.05, 0.1) is 17.3 Å². The fraction of sp³-hybridized carbons (Fsp3) is 0.280. The number of nitriles is 1. The van der Waals surface area contributed by atoms with E-state index in [0.29, 0.717) is 17.8 Å². The molecule has 0 radical (unpaired) electrons. The van der Waals surface area contributed by atoms with Crippen LogP contribution in [0.1, 0.15) is 51.2 Å². The molecule has 0 aliphatic rings. The maximum atomic E-state index is 11.7. The first-order valence-corrected chi connectivity index (χ1v) is 9.68.